The molecule has 1 unspecified atom stereocenters. The van der Waals surface area contributed by atoms with Crippen LogP contribution in [0.1, 0.15) is 30.4 Å². The molecule has 1 aromatic carbocycles. The van der Waals surface area contributed by atoms with E-state index in [0.29, 0.717) is 31.3 Å². The third kappa shape index (κ3) is 3.72. The lowest BCUT2D eigenvalue weighted by atomic mass is 9.87. The molecule has 0 radical (unpaired) electrons. The third-order valence-electron chi connectivity index (χ3n) is 5.63. The molecule has 0 spiro atoms. The molecule has 1 aromatic heterocycles. The molecule has 4 atom stereocenters. The summed E-state index contributed by atoms with van der Waals surface area (Å²) in [4.78, 5) is 16.9. The van der Waals surface area contributed by atoms with E-state index in [1.807, 2.05) is 24.3 Å². The largest absolute Gasteiger partial charge is 0.366 e. The third-order valence-corrected chi connectivity index (χ3v) is 5.63. The normalized spacial score (nSPS) is 27.4. The number of amides is 1. The van der Waals surface area contributed by atoms with Crippen LogP contribution in [0.15, 0.2) is 30.5 Å². The molecule has 2 fully saturated rings. The Labute approximate surface area is 164 Å². The highest BCUT2D eigenvalue weighted by atomic mass is 16.5. The molecule has 3 N–H and O–H groups in total. The van der Waals surface area contributed by atoms with Gasteiger partial charge in [0.25, 0.3) is 5.91 Å². The Morgan fingerprint density at radius 3 is 3.11 bits per heavy atom. The Morgan fingerprint density at radius 1 is 1.43 bits per heavy atom. The fourth-order valence-corrected chi connectivity index (χ4v) is 4.31. The average molecular weight is 379 g/mol. The molecule has 28 heavy (non-hydrogen) atoms. The summed E-state index contributed by atoms with van der Waals surface area (Å²) >= 11 is 0. The number of hydrogen-bond donors (Lipinski definition) is 3. The highest BCUT2D eigenvalue weighted by molar-refractivity contribution is 5.87. The molecule has 146 valence electrons. The quantitative estimate of drug-likeness (QED) is 0.734. The van der Waals surface area contributed by atoms with E-state index in [2.05, 4.69) is 33.9 Å². The molecule has 0 aliphatic carbocycles. The summed E-state index contributed by atoms with van der Waals surface area (Å²) in [6.07, 6.45) is 2.27. The van der Waals surface area contributed by atoms with E-state index in [0.717, 1.165) is 23.9 Å². The van der Waals surface area contributed by atoms with E-state index in [1.54, 1.807) is 6.20 Å². The number of morpholine rings is 1. The summed E-state index contributed by atoms with van der Waals surface area (Å²) in [5.41, 5.74) is 2.51. The van der Waals surface area contributed by atoms with E-state index in [-0.39, 0.29) is 17.9 Å². The van der Waals surface area contributed by atoms with E-state index in [9.17, 15) is 10.1 Å². The minimum absolute atomic E-state index is 0.0707. The van der Waals surface area contributed by atoms with E-state index in [4.69, 9.17) is 4.74 Å². The van der Waals surface area contributed by atoms with E-state index in [1.165, 1.54) is 5.56 Å². The monoisotopic (exact) mass is 379 g/mol. The first-order valence-electron chi connectivity index (χ1n) is 9.81. The first kappa shape index (κ1) is 18.8. The lowest BCUT2D eigenvalue weighted by Crippen LogP contribution is -2.50. The van der Waals surface area contributed by atoms with Crippen LogP contribution in [0.25, 0.3) is 10.9 Å². The van der Waals surface area contributed by atoms with Gasteiger partial charge in [-0.3, -0.25) is 9.78 Å². The standard InChI is InChI=1S/C21H25N5O2/c1-13-9-17(15-5-4-14(10-22)20-16(15)3-2-6-24-20)18(26-13)11-25-21(27)19-12-23-7-8-28-19/h2-6,13,17-19,23,26H,7-9,11-12H2,1H3,(H,25,27)/t13-,17-,18+,19?/m1/s1. The van der Waals surface area contributed by atoms with Crippen molar-refractivity contribution in [3.63, 3.8) is 0 Å². The highest BCUT2D eigenvalue weighted by Crippen LogP contribution is 2.35. The van der Waals surface area contributed by atoms with Crippen molar-refractivity contribution in [3.8, 4) is 6.07 Å². The van der Waals surface area contributed by atoms with Crippen LogP contribution in [0.3, 0.4) is 0 Å². The number of pyridine rings is 1. The van der Waals surface area contributed by atoms with Gasteiger partial charge in [-0.2, -0.15) is 5.26 Å². The fourth-order valence-electron chi connectivity index (χ4n) is 4.31. The molecule has 7 heteroatoms. The summed E-state index contributed by atoms with van der Waals surface area (Å²) < 4.78 is 5.54. The number of ether oxygens (including phenoxy) is 1. The van der Waals surface area contributed by atoms with Crippen molar-refractivity contribution in [1.82, 2.24) is 20.9 Å². The van der Waals surface area contributed by atoms with Crippen LogP contribution in [0.5, 0.6) is 0 Å². The molecular formula is C21H25N5O2. The molecule has 2 saturated heterocycles. The predicted molar refractivity (Wildman–Crippen MR) is 106 cm³/mol. The number of nitriles is 1. The number of aromatic nitrogens is 1. The Morgan fingerprint density at radius 2 is 2.32 bits per heavy atom. The topological polar surface area (TPSA) is 99.1 Å². The molecule has 3 heterocycles. The van der Waals surface area contributed by atoms with Gasteiger partial charge in [0, 0.05) is 49.2 Å². The lowest BCUT2D eigenvalue weighted by Gasteiger charge is -2.25. The predicted octanol–water partition coefficient (Wildman–Crippen LogP) is 1.05. The number of nitrogens with one attached hydrogen (secondary N) is 3. The number of nitrogens with zero attached hydrogens (tertiary/aromatic N) is 2. The zero-order valence-electron chi connectivity index (χ0n) is 15.9. The molecule has 0 saturated carbocycles. The Kier molecular flexibility index (Phi) is 5.53. The van der Waals surface area contributed by atoms with E-state index < -0.39 is 6.10 Å². The number of hydrogen-bond acceptors (Lipinski definition) is 6. The van der Waals surface area contributed by atoms with E-state index >= 15 is 0 Å². The maximum Gasteiger partial charge on any atom is 0.250 e. The smallest absolute Gasteiger partial charge is 0.250 e. The first-order chi connectivity index (χ1) is 13.7. The Balaban J connectivity index is 1.54. The molecule has 2 aliphatic heterocycles. The minimum atomic E-state index is -0.425. The Bertz CT molecular complexity index is 903. The molecule has 4 rings (SSSR count). The van der Waals surface area contributed by atoms with Gasteiger partial charge in [0.2, 0.25) is 0 Å². The number of rotatable bonds is 4. The number of benzene rings is 1. The van der Waals surface area contributed by atoms with Gasteiger partial charge in [-0.15, -0.1) is 0 Å². The van der Waals surface area contributed by atoms with Gasteiger partial charge < -0.3 is 20.7 Å². The molecule has 1 amide bonds. The van der Waals surface area contributed by atoms with Crippen molar-refractivity contribution < 1.29 is 9.53 Å². The Hall–Kier alpha value is -2.53. The van der Waals surface area contributed by atoms with Gasteiger partial charge >= 0.3 is 0 Å². The van der Waals surface area contributed by atoms with Crippen molar-refractivity contribution >= 4 is 16.8 Å². The molecular weight excluding hydrogens is 354 g/mol. The zero-order valence-corrected chi connectivity index (χ0v) is 15.9. The van der Waals surface area contributed by atoms with Crippen molar-refractivity contribution in [2.45, 2.75) is 37.5 Å². The van der Waals surface area contributed by atoms with Gasteiger partial charge in [-0.25, -0.2) is 0 Å². The van der Waals surface area contributed by atoms with Crippen molar-refractivity contribution in [2.75, 3.05) is 26.2 Å². The number of carbonyl (C=O) groups is 1. The second-order valence-corrected chi connectivity index (χ2v) is 7.54. The zero-order chi connectivity index (χ0) is 19.5. The second kappa shape index (κ2) is 8.23. The second-order valence-electron chi connectivity index (χ2n) is 7.54. The van der Waals surface area contributed by atoms with Crippen LogP contribution in [0.4, 0.5) is 0 Å². The summed E-state index contributed by atoms with van der Waals surface area (Å²) in [7, 11) is 0. The molecule has 2 aliphatic rings. The van der Waals surface area contributed by atoms with Crippen LogP contribution in [0, 0.1) is 11.3 Å². The first-order valence-corrected chi connectivity index (χ1v) is 9.81. The summed E-state index contributed by atoms with van der Waals surface area (Å²) in [5, 5.41) is 20.2. The summed E-state index contributed by atoms with van der Waals surface area (Å²) in [5.74, 6) is 0.166. The average Bonchev–Trinajstić information content (AvgIpc) is 3.12. The van der Waals surface area contributed by atoms with Gasteiger partial charge in [0.1, 0.15) is 12.2 Å². The van der Waals surface area contributed by atoms with Crippen molar-refractivity contribution in [3.05, 3.63) is 41.6 Å². The summed E-state index contributed by atoms with van der Waals surface area (Å²) in [6, 6.07) is 10.5. The van der Waals surface area contributed by atoms with Crippen LogP contribution in [-0.4, -0.2) is 55.3 Å². The summed E-state index contributed by atoms with van der Waals surface area (Å²) in [6.45, 7) is 4.59. The van der Waals surface area contributed by atoms with Gasteiger partial charge in [0.15, 0.2) is 0 Å². The maximum atomic E-state index is 12.4. The molecule has 7 nitrogen and oxygen atoms in total. The highest BCUT2D eigenvalue weighted by Gasteiger charge is 2.34. The van der Waals surface area contributed by atoms with Crippen LogP contribution >= 0.6 is 0 Å². The molecule has 2 aromatic rings. The van der Waals surface area contributed by atoms with Crippen LogP contribution in [-0.2, 0) is 9.53 Å². The van der Waals surface area contributed by atoms with Crippen LogP contribution in [0.2, 0.25) is 0 Å². The van der Waals surface area contributed by atoms with Crippen molar-refractivity contribution in [2.24, 2.45) is 0 Å². The van der Waals surface area contributed by atoms with Crippen LogP contribution < -0.4 is 16.0 Å². The van der Waals surface area contributed by atoms with Crippen molar-refractivity contribution in [1.29, 1.82) is 5.26 Å². The number of carbonyl (C=O) groups excluding carboxylic acids is 1. The fraction of sp³-hybridized carbons (Fsp3) is 0.476. The van der Waals surface area contributed by atoms with Gasteiger partial charge in [-0.05, 0) is 31.0 Å². The number of fused-ring (bicyclic) bond motifs is 1. The maximum absolute atomic E-state index is 12.4. The lowest BCUT2D eigenvalue weighted by molar-refractivity contribution is -0.134. The van der Waals surface area contributed by atoms with Gasteiger partial charge in [0.05, 0.1) is 17.7 Å². The van der Waals surface area contributed by atoms with Gasteiger partial charge in [-0.1, -0.05) is 12.1 Å². The minimum Gasteiger partial charge on any atom is -0.366 e. The molecule has 0 bridgehead atoms. The SMILES string of the molecule is C[C@@H]1C[C@H](c2ccc(C#N)c3ncccc23)[C@H](CNC(=O)C2CNCCO2)N1.